The van der Waals surface area contributed by atoms with Gasteiger partial charge in [-0.05, 0) is 25.7 Å². The first-order valence-electron chi connectivity index (χ1n) is 5.62. The van der Waals surface area contributed by atoms with Gasteiger partial charge in [0.2, 0.25) is 10.0 Å². The van der Waals surface area contributed by atoms with Gasteiger partial charge < -0.3 is 5.11 Å². The van der Waals surface area contributed by atoms with Crippen molar-refractivity contribution >= 4 is 10.0 Å². The molecule has 2 atom stereocenters. The van der Waals surface area contributed by atoms with Crippen molar-refractivity contribution in [2.24, 2.45) is 5.92 Å². The Morgan fingerprint density at radius 3 is 2.73 bits per heavy atom. The van der Waals surface area contributed by atoms with Gasteiger partial charge in [-0.3, -0.25) is 0 Å². The average Bonchev–Trinajstić information content (AvgIpc) is 2.66. The minimum absolute atomic E-state index is 0.294. The standard InChI is InChI=1S/C10H21NO3S/c1-3-4-10-5-6-11(7-10)15(13,14)9(2)8-12/h9-10,12H,3-8H2,1-2H3. The maximum absolute atomic E-state index is 11.9. The van der Waals surface area contributed by atoms with Crippen LogP contribution >= 0.6 is 0 Å². The van der Waals surface area contributed by atoms with Crippen LogP contribution < -0.4 is 0 Å². The van der Waals surface area contributed by atoms with E-state index in [0.717, 1.165) is 19.3 Å². The van der Waals surface area contributed by atoms with Gasteiger partial charge in [0.05, 0.1) is 11.9 Å². The van der Waals surface area contributed by atoms with Gasteiger partial charge in [-0.2, -0.15) is 0 Å². The lowest BCUT2D eigenvalue weighted by molar-refractivity contribution is 0.290. The Labute approximate surface area is 92.3 Å². The summed E-state index contributed by atoms with van der Waals surface area (Å²) < 4.78 is 25.3. The van der Waals surface area contributed by atoms with Crippen LogP contribution in [0.15, 0.2) is 0 Å². The van der Waals surface area contributed by atoms with E-state index in [4.69, 9.17) is 5.11 Å². The third kappa shape index (κ3) is 2.92. The van der Waals surface area contributed by atoms with Gasteiger partial charge in [-0.1, -0.05) is 13.3 Å². The van der Waals surface area contributed by atoms with E-state index in [1.165, 1.54) is 4.31 Å². The van der Waals surface area contributed by atoms with Gasteiger partial charge in [0, 0.05) is 13.1 Å². The van der Waals surface area contributed by atoms with E-state index in [-0.39, 0.29) is 6.61 Å². The van der Waals surface area contributed by atoms with E-state index in [1.54, 1.807) is 6.92 Å². The zero-order valence-corrected chi connectivity index (χ0v) is 10.3. The van der Waals surface area contributed by atoms with Crippen LogP contribution in [-0.2, 0) is 10.0 Å². The molecule has 1 N–H and O–H groups in total. The molecule has 0 aromatic carbocycles. The molecule has 0 spiro atoms. The molecule has 1 aliphatic rings. The average molecular weight is 235 g/mol. The lowest BCUT2D eigenvalue weighted by atomic mass is 10.0. The van der Waals surface area contributed by atoms with Crippen LogP contribution in [0.3, 0.4) is 0 Å². The fourth-order valence-electron chi connectivity index (χ4n) is 2.02. The lowest BCUT2D eigenvalue weighted by Crippen LogP contribution is -2.37. The minimum atomic E-state index is -3.26. The summed E-state index contributed by atoms with van der Waals surface area (Å²) in [5.74, 6) is 0.510. The number of rotatable bonds is 5. The molecule has 2 unspecified atom stereocenters. The number of sulfonamides is 1. The summed E-state index contributed by atoms with van der Waals surface area (Å²) in [5.41, 5.74) is 0. The first-order chi connectivity index (χ1) is 7.02. The third-order valence-corrected chi connectivity index (χ3v) is 5.29. The molecule has 1 fully saturated rings. The van der Waals surface area contributed by atoms with Gasteiger partial charge in [-0.25, -0.2) is 12.7 Å². The maximum atomic E-state index is 11.9. The van der Waals surface area contributed by atoms with Crippen LogP contribution in [0.4, 0.5) is 0 Å². The fourth-order valence-corrected chi connectivity index (χ4v) is 3.50. The summed E-state index contributed by atoms with van der Waals surface area (Å²) >= 11 is 0. The minimum Gasteiger partial charge on any atom is -0.395 e. The molecule has 4 nitrogen and oxygen atoms in total. The van der Waals surface area contributed by atoms with E-state index in [2.05, 4.69) is 6.92 Å². The molecule has 1 saturated heterocycles. The summed E-state index contributed by atoms with van der Waals surface area (Å²) in [5, 5.41) is 8.23. The van der Waals surface area contributed by atoms with E-state index in [9.17, 15) is 8.42 Å². The van der Waals surface area contributed by atoms with Crippen molar-refractivity contribution in [2.75, 3.05) is 19.7 Å². The Morgan fingerprint density at radius 2 is 2.20 bits per heavy atom. The molecule has 1 aliphatic heterocycles. The monoisotopic (exact) mass is 235 g/mol. The topological polar surface area (TPSA) is 57.6 Å². The van der Waals surface area contributed by atoms with Crippen molar-refractivity contribution in [3.8, 4) is 0 Å². The molecule has 0 bridgehead atoms. The quantitative estimate of drug-likeness (QED) is 0.767. The summed E-state index contributed by atoms with van der Waals surface area (Å²) in [7, 11) is -3.26. The van der Waals surface area contributed by atoms with Gasteiger partial charge in [0.15, 0.2) is 0 Å². The van der Waals surface area contributed by atoms with E-state index < -0.39 is 15.3 Å². The van der Waals surface area contributed by atoms with E-state index in [0.29, 0.717) is 19.0 Å². The van der Waals surface area contributed by atoms with Crippen LogP contribution in [0.1, 0.15) is 33.1 Å². The molecule has 0 radical (unpaired) electrons. The molecule has 0 aliphatic carbocycles. The molecule has 15 heavy (non-hydrogen) atoms. The van der Waals surface area contributed by atoms with Crippen LogP contribution in [0, 0.1) is 5.92 Å². The molecule has 5 heteroatoms. The van der Waals surface area contributed by atoms with Gasteiger partial charge in [0.25, 0.3) is 0 Å². The summed E-state index contributed by atoms with van der Waals surface area (Å²) in [4.78, 5) is 0. The summed E-state index contributed by atoms with van der Waals surface area (Å²) in [6, 6.07) is 0. The highest BCUT2D eigenvalue weighted by Crippen LogP contribution is 2.24. The van der Waals surface area contributed by atoms with Crippen molar-refractivity contribution < 1.29 is 13.5 Å². The Balaban J connectivity index is 2.60. The largest absolute Gasteiger partial charge is 0.395 e. The van der Waals surface area contributed by atoms with E-state index >= 15 is 0 Å². The van der Waals surface area contributed by atoms with Gasteiger partial charge >= 0.3 is 0 Å². The van der Waals surface area contributed by atoms with Crippen molar-refractivity contribution in [3.63, 3.8) is 0 Å². The van der Waals surface area contributed by atoms with Gasteiger partial charge in [-0.15, -0.1) is 0 Å². The molecule has 0 aromatic rings. The first kappa shape index (κ1) is 12.9. The Hall–Kier alpha value is -0.130. The van der Waals surface area contributed by atoms with Crippen LogP contribution in [0.25, 0.3) is 0 Å². The lowest BCUT2D eigenvalue weighted by Gasteiger charge is -2.20. The first-order valence-corrected chi connectivity index (χ1v) is 7.12. The molecule has 90 valence electrons. The predicted octanol–water partition coefficient (Wildman–Crippen LogP) is 0.819. The second-order valence-electron chi connectivity index (χ2n) is 4.34. The summed E-state index contributed by atoms with van der Waals surface area (Å²) in [6.45, 7) is 4.64. The third-order valence-electron chi connectivity index (χ3n) is 3.07. The second-order valence-corrected chi connectivity index (χ2v) is 6.69. The predicted molar refractivity (Wildman–Crippen MR) is 60.1 cm³/mol. The van der Waals surface area contributed by atoms with Crippen LogP contribution in [0.5, 0.6) is 0 Å². The maximum Gasteiger partial charge on any atom is 0.218 e. The zero-order chi connectivity index (χ0) is 11.5. The van der Waals surface area contributed by atoms with Crippen molar-refractivity contribution in [3.05, 3.63) is 0 Å². The molecule has 0 saturated carbocycles. The van der Waals surface area contributed by atoms with Crippen molar-refractivity contribution in [1.29, 1.82) is 0 Å². The van der Waals surface area contributed by atoms with E-state index in [1.807, 2.05) is 0 Å². The molecular formula is C10H21NO3S. The normalized spacial score (nSPS) is 25.7. The number of aliphatic hydroxyl groups excluding tert-OH is 1. The second kappa shape index (κ2) is 5.27. The number of hydrogen-bond donors (Lipinski definition) is 1. The molecule has 1 heterocycles. The van der Waals surface area contributed by atoms with Crippen LogP contribution in [0.2, 0.25) is 0 Å². The molecule has 0 aromatic heterocycles. The Kier molecular flexibility index (Phi) is 4.55. The Bertz CT molecular complexity index is 289. The number of aliphatic hydroxyl groups is 1. The van der Waals surface area contributed by atoms with Gasteiger partial charge in [0.1, 0.15) is 0 Å². The highest BCUT2D eigenvalue weighted by Gasteiger charge is 2.34. The molecule has 1 rings (SSSR count). The molecular weight excluding hydrogens is 214 g/mol. The highest BCUT2D eigenvalue weighted by molar-refractivity contribution is 7.89. The highest BCUT2D eigenvalue weighted by atomic mass is 32.2. The van der Waals surface area contributed by atoms with Crippen molar-refractivity contribution in [2.45, 2.75) is 38.4 Å². The van der Waals surface area contributed by atoms with Crippen molar-refractivity contribution in [1.82, 2.24) is 4.31 Å². The Morgan fingerprint density at radius 1 is 1.53 bits per heavy atom. The summed E-state index contributed by atoms with van der Waals surface area (Å²) in [6.07, 6.45) is 3.17. The SMILES string of the molecule is CCCC1CCN(S(=O)(=O)C(C)CO)C1. The fraction of sp³-hybridized carbons (Fsp3) is 1.00. The zero-order valence-electron chi connectivity index (χ0n) is 9.52. The smallest absolute Gasteiger partial charge is 0.218 e. The number of hydrogen-bond acceptors (Lipinski definition) is 3. The van der Waals surface area contributed by atoms with Crippen LogP contribution in [-0.4, -0.2) is 42.8 Å². The molecule has 0 amide bonds. The number of nitrogens with zero attached hydrogens (tertiary/aromatic N) is 1.